The molecule has 598 valence electrons. The topological polar surface area (TPSA) is 715 Å². The number of rotatable bonds is 28. The van der Waals surface area contributed by atoms with E-state index >= 15 is 0 Å². The normalized spacial score (nSPS) is 48.4. The molecule has 27 N–H and O–H groups in total. The zero-order chi connectivity index (χ0) is 76.3. The SMILES string of the molecule is CN[C@H]1[C@H](O[C@@H]2[C@@H](O)[C@H](O)O[C@H](CO[C@@H]3O[C@H](CO)[C@@H](O)[C@H](O)[C@H]3O)[C@@H]2O)O[C@H](CO)[C@H](O)[C@@H]1O[C@@H]1O[C@H](CO[C@@H]2O[C@H](CO[C@@]3(C(=O)O)C[C@H](O)[C@H](NC(C)=O)[C@H]([C@@H](NC(C)=O)[C@H](C)O)O3)[C@@H](O)[C@H](O)[C@H]2O)[C@H](O)[C@H](O[C@@H]2O[C@H](CO)[C@H](O)[C@H](O[C@@H]3O[C@H](CO)[C@H](O)[C@H](O)[C@H]3O)[C@H]2N(C)O)[C@H]1O. The van der Waals surface area contributed by atoms with E-state index in [1.165, 1.54) is 14.0 Å². The fraction of sp³-hybridized carbons (Fsp3) is 0.947. The van der Waals surface area contributed by atoms with Crippen LogP contribution in [-0.2, 0) is 85.4 Å². The van der Waals surface area contributed by atoms with Gasteiger partial charge in [0, 0.05) is 27.3 Å². The number of carboxylic acids is 1. The van der Waals surface area contributed by atoms with Gasteiger partial charge in [-0.15, -0.1) is 0 Å². The fourth-order valence-corrected chi connectivity index (χ4v) is 13.4. The Hall–Kier alpha value is -3.19. The molecule has 103 heavy (non-hydrogen) atoms. The molecule has 46 nitrogen and oxygen atoms in total. The molecule has 8 saturated heterocycles. The van der Waals surface area contributed by atoms with Crippen LogP contribution in [0.3, 0.4) is 0 Å². The molecule has 0 radical (unpaired) electrons. The number of aliphatic hydroxyl groups excluding tert-OH is 22. The summed E-state index contributed by atoms with van der Waals surface area (Å²) in [5, 5.41) is 272. The summed E-state index contributed by atoms with van der Waals surface area (Å²) in [5.41, 5.74) is 0. The summed E-state index contributed by atoms with van der Waals surface area (Å²) in [6, 6.07) is -6.65. The van der Waals surface area contributed by atoms with E-state index in [1.807, 2.05) is 0 Å². The molecule has 0 aliphatic carbocycles. The minimum absolute atomic E-state index is 0.302. The first-order chi connectivity index (χ1) is 48.5. The first kappa shape index (κ1) is 85.4. The Morgan fingerprint density at radius 2 is 0.874 bits per heavy atom. The van der Waals surface area contributed by atoms with Crippen LogP contribution in [-0.4, -0.2) is 457 Å². The molecular weight excluding hydrogens is 1410 g/mol. The number of hydroxylamine groups is 2. The average Bonchev–Trinajstić information content (AvgIpc) is 0.768. The molecule has 41 atom stereocenters. The maximum absolute atomic E-state index is 13.2. The van der Waals surface area contributed by atoms with Gasteiger partial charge >= 0.3 is 5.97 Å². The second-order valence-corrected chi connectivity index (χ2v) is 26.3. The second-order valence-electron chi connectivity index (χ2n) is 26.3. The Labute approximate surface area is 584 Å². The first-order valence-electron chi connectivity index (χ1n) is 32.8. The quantitative estimate of drug-likeness (QED) is 0.0324. The molecular formula is C57H98N4O42. The summed E-state index contributed by atoms with van der Waals surface area (Å²) in [4.78, 5) is 37.8. The maximum atomic E-state index is 13.2. The standard InChI is InChI=1S/C57H98N4O42/c1-14(66)25(59-15(2)67)44-26(60-16(3)68)17(69)6-57(103-44,56(86)87)91-13-24-31(72)38(79)40(81)53(97-24)90-12-23-35(76)48(102-51-28(61(5)88)46(33(74)21(10-65)94-51)100-54-41(82)37(78)30(71)19(8-63)96-54)43(84)55(98-23)99-45-27(58-4)50(93-20(9-64)32(45)73)101-47-34(75)22(92-49(85)42(47)83)11-89-52-39(80)36(77)29(70)18(7-62)95-52/h14,17-55,58,62-66,69-85,88H,6-13H2,1-5H3,(H,59,67)(H,60,68)(H,86,87)/t14-,17-,18+,19+,20+,21+,22+,23+,24+,25-,26-,27+,28+,29+,30-,31+,32-,33-,34-,35-,36-,37-,38-,39+,40+,41+,42+,43+,44-,45+,46+,47-,48-,49+,50-,51-,52+,53+,54-,55-,57-/m0/s1. The number of aliphatic hydroxyl groups is 22. The number of nitrogens with zero attached hydrogens (tertiary/aromatic N) is 1. The molecule has 0 bridgehead atoms. The fourth-order valence-electron chi connectivity index (χ4n) is 13.4. The van der Waals surface area contributed by atoms with E-state index in [1.54, 1.807) is 0 Å². The van der Waals surface area contributed by atoms with Crippen molar-refractivity contribution in [3.05, 3.63) is 0 Å². The highest BCUT2D eigenvalue weighted by Crippen LogP contribution is 2.40. The van der Waals surface area contributed by atoms with E-state index in [0.717, 1.165) is 20.9 Å². The Bertz CT molecular complexity index is 2660. The van der Waals surface area contributed by atoms with E-state index < -0.39 is 321 Å². The lowest BCUT2D eigenvalue weighted by Crippen LogP contribution is -2.70. The largest absolute Gasteiger partial charge is 0.477 e. The molecule has 8 aliphatic rings. The Kier molecular flexibility index (Phi) is 30.3. The van der Waals surface area contributed by atoms with Crippen molar-refractivity contribution < 1.29 is 208 Å². The highest BCUT2D eigenvalue weighted by atomic mass is 16.8. The van der Waals surface area contributed by atoms with Gasteiger partial charge in [-0.2, -0.15) is 5.06 Å². The number of likely N-dealkylation sites (N-methyl/N-ethyl adjacent to an activating group) is 2. The summed E-state index contributed by atoms with van der Waals surface area (Å²) in [5.74, 6) is -6.46. The number of carbonyl (C=O) groups is 3. The molecule has 0 saturated carbocycles. The number of nitrogens with one attached hydrogen (secondary N) is 3. The van der Waals surface area contributed by atoms with Crippen molar-refractivity contribution in [3.63, 3.8) is 0 Å². The van der Waals surface area contributed by atoms with Crippen molar-refractivity contribution in [2.24, 2.45) is 0 Å². The molecule has 8 rings (SSSR count). The minimum Gasteiger partial charge on any atom is -0.477 e. The van der Waals surface area contributed by atoms with Crippen molar-refractivity contribution >= 4 is 17.8 Å². The van der Waals surface area contributed by atoms with Crippen LogP contribution >= 0.6 is 0 Å². The molecule has 46 heteroatoms. The lowest BCUT2D eigenvalue weighted by Gasteiger charge is -2.51. The zero-order valence-electron chi connectivity index (χ0n) is 55.8. The van der Waals surface area contributed by atoms with E-state index in [2.05, 4.69) is 16.0 Å². The van der Waals surface area contributed by atoms with Crippen LogP contribution in [0, 0.1) is 0 Å². The number of amides is 2. The number of carboxylic acid groups (broad SMARTS) is 1. The number of hydrogen-bond acceptors (Lipinski definition) is 43. The van der Waals surface area contributed by atoms with Crippen LogP contribution < -0.4 is 16.0 Å². The van der Waals surface area contributed by atoms with E-state index in [4.69, 9.17) is 71.1 Å². The lowest BCUT2D eigenvalue weighted by molar-refractivity contribution is -0.395. The predicted molar refractivity (Wildman–Crippen MR) is 318 cm³/mol. The Morgan fingerprint density at radius 1 is 0.476 bits per heavy atom. The van der Waals surface area contributed by atoms with E-state index in [9.17, 15) is 137 Å². The molecule has 0 spiro atoms. The monoisotopic (exact) mass is 1510 g/mol. The Balaban J connectivity index is 1.08. The van der Waals surface area contributed by atoms with Gasteiger partial charge in [-0.25, -0.2) is 4.79 Å². The molecule has 2 amide bonds. The number of carbonyl (C=O) groups excluding carboxylic acids is 2. The van der Waals surface area contributed by atoms with Crippen LogP contribution in [0.25, 0.3) is 0 Å². The number of hydrogen-bond donors (Lipinski definition) is 27. The zero-order valence-corrected chi connectivity index (χ0v) is 55.8. The summed E-state index contributed by atoms with van der Waals surface area (Å²) in [7, 11) is 2.15. The molecule has 8 aliphatic heterocycles. The van der Waals surface area contributed by atoms with Gasteiger partial charge in [0.1, 0.15) is 171 Å². The lowest BCUT2D eigenvalue weighted by atomic mass is 9.87. The first-order valence-corrected chi connectivity index (χ1v) is 32.8. The summed E-state index contributed by atoms with van der Waals surface area (Å²) in [6.07, 6.45) is -73.3. The smallest absolute Gasteiger partial charge is 0.364 e. The molecule has 8 heterocycles. The average molecular weight is 1510 g/mol. The van der Waals surface area contributed by atoms with Crippen LogP contribution in [0.4, 0.5) is 0 Å². The van der Waals surface area contributed by atoms with Crippen molar-refractivity contribution in [1.82, 2.24) is 21.0 Å². The number of aliphatic carboxylic acids is 1. The van der Waals surface area contributed by atoms with Gasteiger partial charge < -0.3 is 210 Å². The molecule has 0 aromatic rings. The molecule has 0 unspecified atom stereocenters. The van der Waals surface area contributed by atoms with E-state index in [0.29, 0.717) is 5.06 Å². The second kappa shape index (κ2) is 36.6. The van der Waals surface area contributed by atoms with Gasteiger partial charge in [0.05, 0.1) is 76.6 Å². The molecule has 0 aromatic carbocycles. The van der Waals surface area contributed by atoms with Gasteiger partial charge in [-0.3, -0.25) is 9.59 Å². The van der Waals surface area contributed by atoms with Crippen LogP contribution in [0.15, 0.2) is 0 Å². The summed E-state index contributed by atoms with van der Waals surface area (Å²) in [6.45, 7) is -3.86. The maximum Gasteiger partial charge on any atom is 0.364 e. The van der Waals surface area contributed by atoms with Crippen LogP contribution in [0.5, 0.6) is 0 Å². The van der Waals surface area contributed by atoms with Gasteiger partial charge in [-0.05, 0) is 14.0 Å². The highest BCUT2D eigenvalue weighted by molar-refractivity contribution is 5.77. The van der Waals surface area contributed by atoms with Crippen LogP contribution in [0.2, 0.25) is 0 Å². The van der Waals surface area contributed by atoms with Gasteiger partial charge in [0.25, 0.3) is 5.79 Å². The summed E-state index contributed by atoms with van der Waals surface area (Å²) < 4.78 is 87.3. The van der Waals surface area contributed by atoms with Crippen molar-refractivity contribution in [2.75, 3.05) is 60.3 Å². The van der Waals surface area contributed by atoms with Crippen molar-refractivity contribution in [2.45, 2.75) is 278 Å². The molecule has 0 aromatic heterocycles. The van der Waals surface area contributed by atoms with Gasteiger partial charge in [0.2, 0.25) is 11.8 Å². The highest BCUT2D eigenvalue weighted by Gasteiger charge is 2.61. The molecule has 8 fully saturated rings. The third-order valence-corrected chi connectivity index (χ3v) is 19.1. The van der Waals surface area contributed by atoms with E-state index in [-0.39, 0.29) is 0 Å². The third-order valence-electron chi connectivity index (χ3n) is 19.1. The summed E-state index contributed by atoms with van der Waals surface area (Å²) >= 11 is 0. The number of ether oxygens (including phenoxy) is 15. The van der Waals surface area contributed by atoms with Crippen molar-refractivity contribution in [3.8, 4) is 0 Å². The predicted octanol–water partition coefficient (Wildman–Crippen LogP) is -17.4. The van der Waals surface area contributed by atoms with Gasteiger partial charge in [-0.1, -0.05) is 0 Å². The van der Waals surface area contributed by atoms with Crippen molar-refractivity contribution in [1.29, 1.82) is 0 Å². The van der Waals surface area contributed by atoms with Crippen LogP contribution in [0.1, 0.15) is 27.2 Å². The van der Waals surface area contributed by atoms with Gasteiger partial charge in [0.15, 0.2) is 44.0 Å². The Morgan fingerprint density at radius 3 is 1.37 bits per heavy atom. The third kappa shape index (κ3) is 18.7. The minimum atomic E-state index is -2.98.